The number of benzene rings is 3. The molecule has 33 heteroatoms. The number of Topliss-reactive ketones (excluding diaryl/α,β-unsaturated/α-hetero) is 1. The number of alkyl carbamates (subject to hydrolysis) is 1. The van der Waals surface area contributed by atoms with E-state index in [0.717, 1.165) is 6.92 Å². The highest BCUT2D eigenvalue weighted by molar-refractivity contribution is 5.98. The number of nitrogens with one attached hydrogen (secondary N) is 7. The Labute approximate surface area is 627 Å². The van der Waals surface area contributed by atoms with E-state index < -0.39 is 179 Å². The molecule has 33 nitrogen and oxygen atoms in total. The summed E-state index contributed by atoms with van der Waals surface area (Å²) in [5.41, 5.74) is 2.90. The minimum absolute atomic E-state index is 0. The number of fused-ring (bicyclic) bond motifs is 5. The quantitative estimate of drug-likeness (QED) is 0.0161. The maximum atomic E-state index is 16.1. The number of esters is 3. The number of amides is 8. The number of nitrogens with two attached hydrogens (primary N) is 2. The van der Waals surface area contributed by atoms with E-state index in [-0.39, 0.29) is 121 Å². The van der Waals surface area contributed by atoms with Gasteiger partial charge in [-0.1, -0.05) is 88.0 Å². The van der Waals surface area contributed by atoms with Crippen LogP contribution in [0.15, 0.2) is 102 Å². The molecule has 2 bridgehead atoms. The Balaban J connectivity index is 0.0000182. The number of carbonyl (C=O) groups excluding carboxylic acids is 12. The first-order valence-corrected chi connectivity index (χ1v) is 35.5. The molecule has 8 amide bonds. The van der Waals surface area contributed by atoms with Gasteiger partial charge in [0.15, 0.2) is 23.6 Å². The summed E-state index contributed by atoms with van der Waals surface area (Å²) in [4.78, 5) is 161. The van der Waals surface area contributed by atoms with Crippen molar-refractivity contribution in [1.29, 1.82) is 0 Å². The van der Waals surface area contributed by atoms with Gasteiger partial charge in [0.1, 0.15) is 42.0 Å². The molecule has 594 valence electrons. The Morgan fingerprint density at radius 2 is 1.24 bits per heavy atom. The van der Waals surface area contributed by atoms with Crippen LogP contribution in [0.1, 0.15) is 133 Å². The molecular weight excluding hydrogens is 1410 g/mol. The molecule has 14 N–H and O–H groups in total. The van der Waals surface area contributed by atoms with E-state index in [0.29, 0.717) is 18.4 Å². The molecule has 15 atom stereocenters. The Bertz CT molecular complexity index is 3650. The van der Waals surface area contributed by atoms with Crippen LogP contribution in [0, 0.1) is 16.7 Å². The molecule has 0 radical (unpaired) electrons. The van der Waals surface area contributed by atoms with E-state index >= 15 is 4.79 Å². The first-order chi connectivity index (χ1) is 50.8. The first-order valence-electron chi connectivity index (χ1n) is 35.5. The van der Waals surface area contributed by atoms with Crippen LogP contribution in [0.3, 0.4) is 0 Å². The summed E-state index contributed by atoms with van der Waals surface area (Å²) in [7, 11) is 1.56. The lowest BCUT2D eigenvalue weighted by molar-refractivity contribution is -0.345. The van der Waals surface area contributed by atoms with Gasteiger partial charge in [-0.2, -0.15) is 0 Å². The second kappa shape index (κ2) is 40.2. The molecule has 3 fully saturated rings. The third-order valence-corrected chi connectivity index (χ3v) is 20.0. The molecule has 1 saturated heterocycles. The molecule has 4 aliphatic rings. The van der Waals surface area contributed by atoms with Gasteiger partial charge in [-0.3, -0.25) is 43.2 Å². The summed E-state index contributed by atoms with van der Waals surface area (Å²) in [5.74, 6) is -10.7. The van der Waals surface area contributed by atoms with Crippen molar-refractivity contribution in [1.82, 2.24) is 37.2 Å². The summed E-state index contributed by atoms with van der Waals surface area (Å²) in [5, 5.41) is 56.6. The second-order valence-electron chi connectivity index (χ2n) is 27.6. The molecule has 4 unspecified atom stereocenters. The van der Waals surface area contributed by atoms with E-state index in [9.17, 15) is 68.1 Å². The normalized spacial score (nSPS) is 24.1. The number of aliphatic hydroxyl groups excluding tert-OH is 2. The lowest BCUT2D eigenvalue weighted by atomic mass is 9.44. The van der Waals surface area contributed by atoms with Crippen molar-refractivity contribution in [3.8, 4) is 0 Å². The predicted octanol–water partition coefficient (Wildman–Crippen LogP) is 0.721. The zero-order chi connectivity index (χ0) is 78.4. The van der Waals surface area contributed by atoms with Crippen LogP contribution < -0.4 is 48.7 Å². The molecule has 0 spiro atoms. The largest absolute Gasteiger partial charge is 0.456 e. The monoisotopic (exact) mass is 1520 g/mol. The van der Waals surface area contributed by atoms with E-state index in [2.05, 4.69) is 37.2 Å². The summed E-state index contributed by atoms with van der Waals surface area (Å²) in [6.07, 6.45) is -12.3. The summed E-state index contributed by atoms with van der Waals surface area (Å²) < 4.78 is 53.4. The number of ketones is 1. The average Bonchev–Trinajstić information content (AvgIpc) is 0.669. The number of rotatable bonds is 40. The molecule has 2 saturated carbocycles. The van der Waals surface area contributed by atoms with Crippen molar-refractivity contribution in [3.05, 3.63) is 119 Å². The molecule has 0 aromatic heterocycles. The summed E-state index contributed by atoms with van der Waals surface area (Å²) in [6, 6.07) is 18.2. The number of primary amides is 2. The smallest absolute Gasteiger partial charge is 0.408 e. The number of likely N-dealkylation sites (N-methyl/N-ethyl adjacent to an activating group) is 1. The van der Waals surface area contributed by atoms with Gasteiger partial charge in [-0.15, -0.1) is 0 Å². The highest BCUT2D eigenvalue weighted by atomic mass is 16.6. The fraction of sp³-hybridized carbons (Fsp3) is 0.573. The Kier molecular flexibility index (Phi) is 32.6. The zero-order valence-electron chi connectivity index (χ0n) is 61.4. The van der Waals surface area contributed by atoms with Crippen LogP contribution in [0.2, 0.25) is 0 Å². The molecule has 7 rings (SSSR count). The minimum atomic E-state index is -2.52. The molecule has 3 aromatic rings. The van der Waals surface area contributed by atoms with Crippen molar-refractivity contribution in [2.24, 2.45) is 28.2 Å². The lowest BCUT2D eigenvalue weighted by Crippen LogP contribution is -2.82. The van der Waals surface area contributed by atoms with E-state index in [1.54, 1.807) is 92.8 Å². The summed E-state index contributed by atoms with van der Waals surface area (Å²) in [6.45, 7) is 10.5. The first kappa shape index (κ1) is 87.6. The zero-order valence-corrected chi connectivity index (χ0v) is 61.4. The fourth-order valence-corrected chi connectivity index (χ4v) is 13.9. The van der Waals surface area contributed by atoms with Gasteiger partial charge >= 0.3 is 24.0 Å². The van der Waals surface area contributed by atoms with Crippen LogP contribution in [0.5, 0.6) is 0 Å². The average molecular weight is 1520 g/mol. The van der Waals surface area contributed by atoms with Crippen LogP contribution >= 0.6 is 0 Å². The summed E-state index contributed by atoms with van der Waals surface area (Å²) >= 11 is 0. The van der Waals surface area contributed by atoms with E-state index in [1.807, 2.05) is 0 Å². The third kappa shape index (κ3) is 21.8. The number of hydrogen-bond acceptors (Lipinski definition) is 25. The number of ether oxygens (including phenoxy) is 9. The number of unbranched alkanes of at least 4 members (excludes halogenated alkanes) is 1. The standard InChI is InChI=1S/C74H101N9O24.CH4/c1-42-51(104-69(96)58(88)57(46-20-12-9-13-21-46)83-66(93)47-22-14-10-15-23-47)40-74(98)62(106-68(95)48-24-16-11-17-25-48)60-72(7,52(85)39-53-73(60,41-103-53)107-45(4)84)61(89)59(56(42)71(74,5)6)105-70(97)79-29-31-100-33-35-102-37-36-101-34-32-99-30-27-55(87)78-28-19-18-26-49(63(76)90)81-67(94)50(38-54(75)86)82-65(92)44(3)80-64(91)43(2)77-8;/h9-17,20-25,43-44,49-53,57-60,62,77,85,88,98H,18-19,26-41H2,1-8H3,(H2,75,86)(H2,76,90)(H,78,87)(H,79,97)(H,80,91)(H,81,94)(H,82,92)(H,83,93);1H4/t43?,44?,49?,50?,51-,52-,53+,57-,58+,59+,60-,62-,72+,73-,74+;/m0./s1. The van der Waals surface area contributed by atoms with Crippen molar-refractivity contribution in [3.63, 3.8) is 0 Å². The highest BCUT2D eigenvalue weighted by Crippen LogP contribution is 2.64. The van der Waals surface area contributed by atoms with Crippen molar-refractivity contribution < 1.29 is 115 Å². The maximum absolute atomic E-state index is 16.1. The number of hydrogen-bond donors (Lipinski definition) is 12. The Morgan fingerprint density at radius 1 is 0.676 bits per heavy atom. The highest BCUT2D eigenvalue weighted by Gasteiger charge is 2.78. The number of carbonyl (C=O) groups is 12. The van der Waals surface area contributed by atoms with Gasteiger partial charge in [0.05, 0.1) is 101 Å². The van der Waals surface area contributed by atoms with E-state index in [1.165, 1.54) is 46.8 Å². The predicted molar refractivity (Wildman–Crippen MR) is 385 cm³/mol. The third-order valence-electron chi connectivity index (χ3n) is 20.0. The van der Waals surface area contributed by atoms with Gasteiger partial charge in [0.25, 0.3) is 5.91 Å². The van der Waals surface area contributed by atoms with Crippen molar-refractivity contribution >= 4 is 71.1 Å². The van der Waals surface area contributed by atoms with Crippen molar-refractivity contribution in [2.45, 2.75) is 179 Å². The Morgan fingerprint density at radius 3 is 1.81 bits per heavy atom. The van der Waals surface area contributed by atoms with Gasteiger partial charge in [-0.25, -0.2) is 14.4 Å². The SMILES string of the molecule is C.CNC(C)C(=O)NC(C)C(=O)NC(CC(N)=O)C(=O)NC(CCCCNC(=O)CCOCCOCCOCCOCCNC(=O)O[C@H]1C(=O)[C@@]2(C)[C@H]([C@H](OC(=O)c3ccccc3)[C@]3(O)C[C@H](OC(=O)[C@H](O)[C@@H](NC(=O)c4ccccc4)c4ccccc4)C(C)=C1C3(C)C)[C@]1(OC(C)=O)CO[C@@H]1C[C@@H]2O)C(N)=O. The second-order valence-corrected chi connectivity index (χ2v) is 27.6. The minimum Gasteiger partial charge on any atom is -0.456 e. The number of aliphatic hydroxyl groups is 3. The van der Waals surface area contributed by atoms with Crippen LogP contribution in [0.25, 0.3) is 0 Å². The van der Waals surface area contributed by atoms with E-state index in [4.69, 9.17) is 54.1 Å². The molecule has 1 aliphatic heterocycles. The van der Waals surface area contributed by atoms with Crippen LogP contribution in [0.4, 0.5) is 4.79 Å². The van der Waals surface area contributed by atoms with Gasteiger partial charge < -0.3 is 107 Å². The van der Waals surface area contributed by atoms with Gasteiger partial charge in [0, 0.05) is 50.3 Å². The fourth-order valence-electron chi connectivity index (χ4n) is 13.9. The van der Waals surface area contributed by atoms with Gasteiger partial charge in [0.2, 0.25) is 35.4 Å². The van der Waals surface area contributed by atoms with Gasteiger partial charge in [-0.05, 0) is 95.0 Å². The van der Waals surface area contributed by atoms with Crippen LogP contribution in [-0.4, -0.2) is 238 Å². The molecule has 1 heterocycles. The molecular formula is C75H105N9O24. The molecule has 3 aliphatic carbocycles. The van der Waals surface area contributed by atoms with Crippen molar-refractivity contribution in [2.75, 3.05) is 79.6 Å². The lowest BCUT2D eigenvalue weighted by Gasteiger charge is -2.67. The molecule has 108 heavy (non-hydrogen) atoms. The molecule has 3 aromatic carbocycles. The Hall–Kier alpha value is -9.32. The van der Waals surface area contributed by atoms with Crippen LogP contribution in [-0.2, 0) is 85.8 Å². The maximum Gasteiger partial charge on any atom is 0.408 e. The topological polar surface area (TPSA) is 485 Å².